The molecule has 0 radical (unpaired) electrons. The first-order valence-corrected chi connectivity index (χ1v) is 5.91. The van der Waals surface area contributed by atoms with Crippen LogP contribution in [0.2, 0.25) is 0 Å². The molecule has 64 valence electrons. The quantitative estimate of drug-likeness (QED) is 0.625. The molecule has 1 saturated heterocycles. The molecule has 0 N–H and O–H groups in total. The summed E-state index contributed by atoms with van der Waals surface area (Å²) in [6.45, 7) is 3.31. The van der Waals surface area contributed by atoms with Gasteiger partial charge in [-0.2, -0.15) is 0 Å². The predicted molar refractivity (Wildman–Crippen MR) is 49.2 cm³/mol. The Kier molecular flexibility index (Phi) is 2.75. The van der Waals surface area contributed by atoms with E-state index in [1.54, 1.807) is 6.92 Å². The van der Waals surface area contributed by atoms with Crippen LogP contribution in [-0.2, 0) is 15.6 Å². The van der Waals surface area contributed by atoms with Crippen LogP contribution in [0.3, 0.4) is 0 Å². The number of Topliss-reactive ketones (excluding diaryl/α,β-unsaturated/α-hetero) is 1. The highest BCUT2D eigenvalue weighted by Crippen LogP contribution is 2.34. The lowest BCUT2D eigenvalue weighted by atomic mass is 10.3. The van der Waals surface area contributed by atoms with Crippen molar-refractivity contribution < 1.29 is 9.00 Å². The Bertz CT molecular complexity index is 203. The van der Waals surface area contributed by atoms with Gasteiger partial charge in [0.2, 0.25) is 0 Å². The summed E-state index contributed by atoms with van der Waals surface area (Å²) in [5.41, 5.74) is 0. The molecule has 1 fully saturated rings. The van der Waals surface area contributed by atoms with E-state index in [9.17, 15) is 9.00 Å². The molecule has 4 heteroatoms. The molecule has 0 bridgehead atoms. The van der Waals surface area contributed by atoms with Gasteiger partial charge in [-0.3, -0.25) is 9.00 Å². The van der Waals surface area contributed by atoms with Gasteiger partial charge in [-0.1, -0.05) is 0 Å². The van der Waals surface area contributed by atoms with Crippen molar-refractivity contribution in [1.82, 2.24) is 0 Å². The van der Waals surface area contributed by atoms with E-state index in [2.05, 4.69) is 0 Å². The fourth-order valence-electron chi connectivity index (χ4n) is 0.979. The molecule has 1 rings (SSSR count). The summed E-state index contributed by atoms with van der Waals surface area (Å²) in [7, 11) is -0.960. The highest BCUT2D eigenvalue weighted by Gasteiger charge is 2.39. The van der Waals surface area contributed by atoms with Gasteiger partial charge < -0.3 is 0 Å². The van der Waals surface area contributed by atoms with Crippen molar-refractivity contribution in [1.29, 1.82) is 0 Å². The van der Waals surface area contributed by atoms with Crippen LogP contribution in [0.5, 0.6) is 0 Å². The van der Waals surface area contributed by atoms with Gasteiger partial charge in [0.15, 0.2) is 5.78 Å². The molecule has 0 amide bonds. The summed E-state index contributed by atoms with van der Waals surface area (Å²) in [5.74, 6) is 1.69. The van der Waals surface area contributed by atoms with Crippen molar-refractivity contribution >= 4 is 28.3 Å². The zero-order valence-electron chi connectivity index (χ0n) is 6.75. The molecule has 0 unspecified atom stereocenters. The monoisotopic (exact) mass is 192 g/mol. The predicted octanol–water partition coefficient (Wildman–Crippen LogP) is 1.18. The first-order chi connectivity index (χ1) is 5.07. The first-order valence-electron chi connectivity index (χ1n) is 3.61. The minimum Gasteiger partial charge on any atom is -0.297 e. The molecule has 0 aliphatic carbocycles. The third-order valence-electron chi connectivity index (χ3n) is 1.93. The molecule has 1 aliphatic heterocycles. The summed E-state index contributed by atoms with van der Waals surface area (Å²) in [5, 5.41) is 0. The largest absolute Gasteiger partial charge is 0.297 e. The van der Waals surface area contributed by atoms with Crippen LogP contribution < -0.4 is 0 Å². The van der Waals surface area contributed by atoms with Crippen LogP contribution in [0, 0.1) is 0 Å². The molecular formula is C7H12O2S2. The molecule has 0 spiro atoms. The summed E-state index contributed by atoms with van der Waals surface area (Å²) >= 11 is 1.53. The van der Waals surface area contributed by atoms with E-state index in [0.717, 1.165) is 12.2 Å². The Morgan fingerprint density at radius 2 is 2.27 bits per heavy atom. The van der Waals surface area contributed by atoms with Crippen molar-refractivity contribution in [2.75, 3.05) is 11.5 Å². The highest BCUT2D eigenvalue weighted by molar-refractivity contribution is 8.14. The van der Waals surface area contributed by atoms with Crippen LogP contribution in [0.15, 0.2) is 0 Å². The van der Waals surface area contributed by atoms with E-state index in [-0.39, 0.29) is 5.78 Å². The number of rotatable bonds is 1. The molecule has 0 aromatic rings. The molecule has 1 aliphatic rings. The average Bonchev–Trinajstić information content (AvgIpc) is 1.95. The van der Waals surface area contributed by atoms with Gasteiger partial charge in [0.1, 0.15) is 4.08 Å². The molecular weight excluding hydrogens is 180 g/mol. The number of ketones is 1. The molecule has 11 heavy (non-hydrogen) atoms. The van der Waals surface area contributed by atoms with Crippen LogP contribution in [0.25, 0.3) is 0 Å². The Hall–Kier alpha value is 0.170. The van der Waals surface area contributed by atoms with Crippen LogP contribution in [0.4, 0.5) is 0 Å². The summed E-state index contributed by atoms with van der Waals surface area (Å²) < 4.78 is 10.8. The van der Waals surface area contributed by atoms with Crippen molar-refractivity contribution in [2.45, 2.75) is 24.3 Å². The van der Waals surface area contributed by atoms with Gasteiger partial charge in [-0.25, -0.2) is 0 Å². The molecule has 0 aromatic heterocycles. The second kappa shape index (κ2) is 3.27. The Morgan fingerprint density at radius 1 is 1.64 bits per heavy atom. The molecule has 0 saturated carbocycles. The molecule has 2 atom stereocenters. The maximum atomic E-state index is 11.4. The van der Waals surface area contributed by atoms with Crippen molar-refractivity contribution in [3.63, 3.8) is 0 Å². The number of thioether (sulfide) groups is 1. The van der Waals surface area contributed by atoms with Crippen LogP contribution in [0.1, 0.15) is 20.3 Å². The normalized spacial score (nSPS) is 38.5. The minimum atomic E-state index is -0.960. The van der Waals surface area contributed by atoms with Crippen LogP contribution in [-0.4, -0.2) is 25.6 Å². The zero-order valence-corrected chi connectivity index (χ0v) is 8.39. The maximum Gasteiger partial charge on any atom is 0.158 e. The number of carbonyl (C=O) groups is 1. The lowest BCUT2D eigenvalue weighted by molar-refractivity contribution is -0.117. The lowest BCUT2D eigenvalue weighted by Crippen LogP contribution is -2.39. The topological polar surface area (TPSA) is 34.1 Å². The van der Waals surface area contributed by atoms with E-state index >= 15 is 0 Å². The van der Waals surface area contributed by atoms with Gasteiger partial charge >= 0.3 is 0 Å². The van der Waals surface area contributed by atoms with Crippen molar-refractivity contribution in [3.8, 4) is 0 Å². The molecule has 1 heterocycles. The second-order valence-electron chi connectivity index (χ2n) is 2.75. The van der Waals surface area contributed by atoms with Crippen molar-refractivity contribution in [3.05, 3.63) is 0 Å². The fraction of sp³-hybridized carbons (Fsp3) is 0.857. The summed E-state index contributed by atoms with van der Waals surface area (Å²) in [6, 6.07) is 0. The summed E-state index contributed by atoms with van der Waals surface area (Å²) in [4.78, 5) is 11.1. The number of hydrogen-bond donors (Lipinski definition) is 0. The standard InChI is InChI=1S/C7H12O2S2/c1-6(8)7(2)10-4-3-5-11(7)9/h3-5H2,1-2H3/t7-,11+/m1/s1. The van der Waals surface area contributed by atoms with Gasteiger partial charge in [0, 0.05) is 16.6 Å². The van der Waals surface area contributed by atoms with E-state index < -0.39 is 14.9 Å². The Morgan fingerprint density at radius 3 is 2.64 bits per heavy atom. The third kappa shape index (κ3) is 1.67. The molecule has 0 aromatic carbocycles. The number of carbonyl (C=O) groups excluding carboxylic acids is 1. The van der Waals surface area contributed by atoms with Crippen LogP contribution >= 0.6 is 11.8 Å². The van der Waals surface area contributed by atoms with Gasteiger partial charge in [0.25, 0.3) is 0 Å². The number of hydrogen-bond acceptors (Lipinski definition) is 3. The third-order valence-corrected chi connectivity index (χ3v) is 5.98. The van der Waals surface area contributed by atoms with Gasteiger partial charge in [-0.15, -0.1) is 11.8 Å². The first kappa shape index (κ1) is 9.26. The van der Waals surface area contributed by atoms with Crippen molar-refractivity contribution in [2.24, 2.45) is 0 Å². The van der Waals surface area contributed by atoms with E-state index in [0.29, 0.717) is 5.75 Å². The Labute approximate surface area is 73.6 Å². The highest BCUT2D eigenvalue weighted by atomic mass is 32.2. The summed E-state index contributed by atoms with van der Waals surface area (Å²) in [6.07, 6.45) is 0.972. The molecule has 2 nitrogen and oxygen atoms in total. The van der Waals surface area contributed by atoms with E-state index in [1.807, 2.05) is 0 Å². The average molecular weight is 192 g/mol. The minimum absolute atomic E-state index is 0.0422. The second-order valence-corrected chi connectivity index (χ2v) is 6.44. The maximum absolute atomic E-state index is 11.4. The zero-order chi connectivity index (χ0) is 8.48. The van der Waals surface area contributed by atoms with E-state index in [4.69, 9.17) is 0 Å². The van der Waals surface area contributed by atoms with Gasteiger partial charge in [-0.05, 0) is 26.0 Å². The van der Waals surface area contributed by atoms with Gasteiger partial charge in [0.05, 0.1) is 0 Å². The fourth-order valence-corrected chi connectivity index (χ4v) is 4.19. The Balaban J connectivity index is 2.81. The van der Waals surface area contributed by atoms with E-state index in [1.165, 1.54) is 18.7 Å². The smallest absolute Gasteiger partial charge is 0.158 e. The lowest BCUT2D eigenvalue weighted by Gasteiger charge is -2.29. The SMILES string of the molecule is CC(=O)[C@]1(C)SCCC[S@@]1=O.